The molecule has 1 saturated heterocycles. The Hall–Kier alpha value is -1.38. The number of hydrogen-bond donors (Lipinski definition) is 0. The van der Waals surface area contributed by atoms with Crippen molar-refractivity contribution < 1.29 is 9.47 Å². The molecule has 0 spiro atoms. The van der Waals surface area contributed by atoms with Crippen LogP contribution in [0.2, 0.25) is 0 Å². The van der Waals surface area contributed by atoms with Gasteiger partial charge in [0.2, 0.25) is 0 Å². The predicted octanol–water partition coefficient (Wildman–Crippen LogP) is 3.93. The highest BCUT2D eigenvalue weighted by Gasteiger charge is 2.13. The van der Waals surface area contributed by atoms with E-state index < -0.39 is 0 Å². The smallest absolute Gasteiger partial charge is 0.157 e. The molecule has 1 aliphatic rings. The van der Waals surface area contributed by atoms with Crippen LogP contribution in [0.15, 0.2) is 42.5 Å². The standard InChI is InChI=1S/C17H20O2/c1-2-9-16-14(6-1)7-5-8-15(16)11-13-19-17-10-3-4-12-18-17/h1-2,5-9,17H,3-4,10-13H2. The van der Waals surface area contributed by atoms with Crippen molar-refractivity contribution in [2.45, 2.75) is 32.0 Å². The highest BCUT2D eigenvalue weighted by molar-refractivity contribution is 5.85. The van der Waals surface area contributed by atoms with Gasteiger partial charge in [-0.15, -0.1) is 0 Å². The van der Waals surface area contributed by atoms with Gasteiger partial charge in [0.1, 0.15) is 0 Å². The summed E-state index contributed by atoms with van der Waals surface area (Å²) in [6, 6.07) is 15.0. The predicted molar refractivity (Wildman–Crippen MR) is 77.2 cm³/mol. The van der Waals surface area contributed by atoms with Crippen molar-refractivity contribution in [1.29, 1.82) is 0 Å². The second kappa shape index (κ2) is 6.18. The summed E-state index contributed by atoms with van der Waals surface area (Å²) in [6.07, 6.45) is 4.39. The molecule has 19 heavy (non-hydrogen) atoms. The Kier molecular flexibility index (Phi) is 4.11. The number of rotatable bonds is 4. The van der Waals surface area contributed by atoms with Crippen molar-refractivity contribution in [2.24, 2.45) is 0 Å². The Morgan fingerprint density at radius 1 is 1.05 bits per heavy atom. The van der Waals surface area contributed by atoms with Crippen LogP contribution in [0, 0.1) is 0 Å². The molecule has 2 heteroatoms. The lowest BCUT2D eigenvalue weighted by Crippen LogP contribution is -2.23. The Labute approximate surface area is 114 Å². The Morgan fingerprint density at radius 3 is 2.84 bits per heavy atom. The molecule has 0 N–H and O–H groups in total. The maximum absolute atomic E-state index is 5.81. The van der Waals surface area contributed by atoms with Crippen LogP contribution in [0.1, 0.15) is 24.8 Å². The van der Waals surface area contributed by atoms with Crippen molar-refractivity contribution in [2.75, 3.05) is 13.2 Å². The zero-order valence-corrected chi connectivity index (χ0v) is 11.2. The minimum Gasteiger partial charge on any atom is -0.353 e. The monoisotopic (exact) mass is 256 g/mol. The maximum atomic E-state index is 5.81. The number of ether oxygens (including phenoxy) is 2. The van der Waals surface area contributed by atoms with Gasteiger partial charge in [-0.1, -0.05) is 42.5 Å². The third kappa shape index (κ3) is 3.14. The lowest BCUT2D eigenvalue weighted by Gasteiger charge is -2.22. The van der Waals surface area contributed by atoms with E-state index in [1.807, 2.05) is 0 Å². The summed E-state index contributed by atoms with van der Waals surface area (Å²) < 4.78 is 11.4. The third-order valence-electron chi connectivity index (χ3n) is 3.69. The fraction of sp³-hybridized carbons (Fsp3) is 0.412. The van der Waals surface area contributed by atoms with E-state index >= 15 is 0 Å². The van der Waals surface area contributed by atoms with Crippen molar-refractivity contribution in [3.63, 3.8) is 0 Å². The van der Waals surface area contributed by atoms with Gasteiger partial charge in [0, 0.05) is 6.61 Å². The van der Waals surface area contributed by atoms with Crippen LogP contribution >= 0.6 is 0 Å². The SMILES string of the molecule is c1ccc2c(CCOC3CCCCO3)cccc2c1. The summed E-state index contributed by atoms with van der Waals surface area (Å²) in [6.45, 7) is 1.58. The Morgan fingerprint density at radius 2 is 1.95 bits per heavy atom. The minimum atomic E-state index is 0.0173. The van der Waals surface area contributed by atoms with E-state index in [1.165, 1.54) is 29.2 Å². The molecule has 0 bridgehead atoms. The second-order valence-electron chi connectivity index (χ2n) is 5.06. The van der Waals surface area contributed by atoms with E-state index in [0.29, 0.717) is 0 Å². The zero-order valence-electron chi connectivity index (χ0n) is 11.2. The normalized spacial score (nSPS) is 19.7. The van der Waals surface area contributed by atoms with Crippen LogP contribution < -0.4 is 0 Å². The molecule has 0 amide bonds. The summed E-state index contributed by atoms with van der Waals surface area (Å²) in [5.74, 6) is 0. The largest absolute Gasteiger partial charge is 0.353 e. The average molecular weight is 256 g/mol. The molecule has 100 valence electrons. The fourth-order valence-corrected chi connectivity index (χ4v) is 2.65. The molecule has 2 aromatic carbocycles. The van der Waals surface area contributed by atoms with Gasteiger partial charge in [0.15, 0.2) is 6.29 Å². The summed E-state index contributed by atoms with van der Waals surface area (Å²) in [5.41, 5.74) is 1.36. The average Bonchev–Trinajstić information content (AvgIpc) is 2.49. The van der Waals surface area contributed by atoms with Crippen LogP contribution in [0.25, 0.3) is 10.8 Å². The fourth-order valence-electron chi connectivity index (χ4n) is 2.65. The maximum Gasteiger partial charge on any atom is 0.157 e. The van der Waals surface area contributed by atoms with Gasteiger partial charge >= 0.3 is 0 Å². The van der Waals surface area contributed by atoms with Crippen LogP contribution in [-0.4, -0.2) is 19.5 Å². The van der Waals surface area contributed by atoms with Crippen LogP contribution in [0.3, 0.4) is 0 Å². The number of fused-ring (bicyclic) bond motifs is 1. The number of hydrogen-bond acceptors (Lipinski definition) is 2. The molecule has 2 nitrogen and oxygen atoms in total. The summed E-state index contributed by atoms with van der Waals surface area (Å²) in [7, 11) is 0. The van der Waals surface area contributed by atoms with Gasteiger partial charge < -0.3 is 9.47 Å². The molecule has 0 aliphatic carbocycles. The Bertz CT molecular complexity index is 524. The van der Waals surface area contributed by atoms with E-state index in [-0.39, 0.29) is 6.29 Å². The summed E-state index contributed by atoms with van der Waals surface area (Å²) >= 11 is 0. The highest BCUT2D eigenvalue weighted by Crippen LogP contribution is 2.20. The van der Waals surface area contributed by atoms with Crippen LogP contribution in [0.4, 0.5) is 0 Å². The zero-order chi connectivity index (χ0) is 12.9. The van der Waals surface area contributed by atoms with E-state index in [1.54, 1.807) is 0 Å². The highest BCUT2D eigenvalue weighted by atomic mass is 16.7. The van der Waals surface area contributed by atoms with Gasteiger partial charge in [-0.25, -0.2) is 0 Å². The lowest BCUT2D eigenvalue weighted by atomic mass is 10.0. The van der Waals surface area contributed by atoms with E-state index in [4.69, 9.17) is 9.47 Å². The van der Waals surface area contributed by atoms with E-state index in [0.717, 1.165) is 26.1 Å². The molecule has 0 saturated carbocycles. The first-order chi connectivity index (χ1) is 9.43. The number of benzene rings is 2. The van der Waals surface area contributed by atoms with Crippen molar-refractivity contribution in [1.82, 2.24) is 0 Å². The summed E-state index contributed by atoms with van der Waals surface area (Å²) in [5, 5.41) is 2.63. The summed E-state index contributed by atoms with van der Waals surface area (Å²) in [4.78, 5) is 0. The minimum absolute atomic E-state index is 0.0173. The van der Waals surface area contributed by atoms with Crippen molar-refractivity contribution in [3.05, 3.63) is 48.0 Å². The quantitative estimate of drug-likeness (QED) is 0.825. The van der Waals surface area contributed by atoms with Crippen LogP contribution in [0.5, 0.6) is 0 Å². The second-order valence-corrected chi connectivity index (χ2v) is 5.06. The molecule has 0 aromatic heterocycles. The lowest BCUT2D eigenvalue weighted by molar-refractivity contribution is -0.161. The van der Waals surface area contributed by atoms with Gasteiger partial charge in [-0.3, -0.25) is 0 Å². The molecule has 1 atom stereocenters. The molecule has 1 unspecified atom stereocenters. The molecular formula is C17H20O2. The van der Waals surface area contributed by atoms with E-state index in [2.05, 4.69) is 42.5 Å². The van der Waals surface area contributed by atoms with Crippen molar-refractivity contribution in [3.8, 4) is 0 Å². The molecule has 1 aliphatic heterocycles. The third-order valence-corrected chi connectivity index (χ3v) is 3.69. The molecule has 0 radical (unpaired) electrons. The first-order valence-electron chi connectivity index (χ1n) is 7.13. The molecule has 3 rings (SSSR count). The van der Waals surface area contributed by atoms with Crippen LogP contribution in [-0.2, 0) is 15.9 Å². The van der Waals surface area contributed by atoms with Gasteiger partial charge in [0.25, 0.3) is 0 Å². The van der Waals surface area contributed by atoms with Gasteiger partial charge in [-0.05, 0) is 42.0 Å². The van der Waals surface area contributed by atoms with Gasteiger partial charge in [0.05, 0.1) is 6.61 Å². The first kappa shape index (κ1) is 12.6. The van der Waals surface area contributed by atoms with Gasteiger partial charge in [-0.2, -0.15) is 0 Å². The Balaban J connectivity index is 1.62. The first-order valence-corrected chi connectivity index (χ1v) is 7.13. The molecule has 1 fully saturated rings. The van der Waals surface area contributed by atoms with Crippen molar-refractivity contribution >= 4 is 10.8 Å². The molecule has 2 aromatic rings. The molecule has 1 heterocycles. The van der Waals surface area contributed by atoms with E-state index in [9.17, 15) is 0 Å². The molecular weight excluding hydrogens is 236 g/mol. The topological polar surface area (TPSA) is 18.5 Å².